The Bertz CT molecular complexity index is 25.2. The van der Waals surface area contributed by atoms with E-state index in [1.165, 1.54) is 38.5 Å². The van der Waals surface area contributed by atoms with E-state index >= 15 is 0 Å². The van der Waals surface area contributed by atoms with Crippen LogP contribution >= 0.6 is 0 Å². The van der Waals surface area contributed by atoms with Gasteiger partial charge in [0, 0.05) is 21.3 Å². The van der Waals surface area contributed by atoms with Crippen LogP contribution in [0.3, 0.4) is 0 Å². The van der Waals surface area contributed by atoms with Crippen LogP contribution in [0, 0.1) is 0 Å². The van der Waals surface area contributed by atoms with Gasteiger partial charge in [-0.25, -0.2) is 0 Å². The van der Waals surface area contributed by atoms with Gasteiger partial charge in [0.15, 0.2) is 0 Å². The quantitative estimate of drug-likeness (QED) is 0.524. The third-order valence-corrected chi connectivity index (χ3v) is 1.50. The second-order valence-electron chi connectivity index (χ2n) is 2.12. The summed E-state index contributed by atoms with van der Waals surface area (Å²) in [5.74, 6) is 0. The molecule has 1 aliphatic rings. The zero-order valence-electron chi connectivity index (χ0n) is 8.58. The third-order valence-electron chi connectivity index (χ3n) is 1.50. The Morgan fingerprint density at radius 2 is 0.500 bits per heavy atom. The molecule has 1 fully saturated rings. The van der Waals surface area contributed by atoms with E-state index in [1.54, 1.807) is 0 Å². The lowest BCUT2D eigenvalue weighted by molar-refractivity contribution is 0.399. The normalized spacial score (nSPS) is 13.5. The van der Waals surface area contributed by atoms with Crippen molar-refractivity contribution in [1.82, 2.24) is 0 Å². The predicted octanol–water partition coefficient (Wildman–Crippen LogP) is 1.17. The lowest BCUT2D eigenvalue weighted by Gasteiger charge is -2.05. The second-order valence-corrected chi connectivity index (χ2v) is 2.12. The van der Waals surface area contributed by atoms with Crippen LogP contribution in [0.5, 0.6) is 0 Å². The lowest BCUT2D eigenvalue weighted by atomic mass is 10.0. The molecular formula is C9H24O3. The fourth-order valence-corrected chi connectivity index (χ4v) is 1.06. The van der Waals surface area contributed by atoms with Crippen molar-refractivity contribution in [3.63, 3.8) is 0 Å². The molecule has 0 atom stereocenters. The number of hydrogen-bond acceptors (Lipinski definition) is 3. The molecule has 0 saturated heterocycles. The van der Waals surface area contributed by atoms with Crippen LogP contribution in [0.1, 0.15) is 38.5 Å². The van der Waals surface area contributed by atoms with E-state index in [9.17, 15) is 0 Å². The van der Waals surface area contributed by atoms with Gasteiger partial charge in [0.25, 0.3) is 0 Å². The van der Waals surface area contributed by atoms with Gasteiger partial charge < -0.3 is 15.3 Å². The van der Waals surface area contributed by atoms with Crippen LogP contribution < -0.4 is 0 Å². The highest BCUT2D eigenvalue weighted by atomic mass is 16.2. The van der Waals surface area contributed by atoms with Crippen LogP contribution in [-0.2, 0) is 0 Å². The summed E-state index contributed by atoms with van der Waals surface area (Å²) in [4.78, 5) is 0. The Morgan fingerprint density at radius 3 is 0.583 bits per heavy atom. The molecule has 0 bridgehead atoms. The van der Waals surface area contributed by atoms with Gasteiger partial charge in [0.05, 0.1) is 0 Å². The van der Waals surface area contributed by atoms with Gasteiger partial charge >= 0.3 is 0 Å². The van der Waals surface area contributed by atoms with Gasteiger partial charge in [0.1, 0.15) is 0 Å². The van der Waals surface area contributed by atoms with Gasteiger partial charge in [-0.05, 0) is 0 Å². The van der Waals surface area contributed by atoms with Crippen molar-refractivity contribution in [1.29, 1.82) is 0 Å². The smallest absolute Gasteiger partial charge is 0.0319 e. The molecule has 1 rings (SSSR count). The molecule has 0 spiro atoms. The molecule has 0 aromatic rings. The van der Waals surface area contributed by atoms with Gasteiger partial charge in [0.2, 0.25) is 0 Å². The number of aliphatic hydroxyl groups excluding tert-OH is 3. The number of hydrogen-bond donors (Lipinski definition) is 3. The highest BCUT2D eigenvalue weighted by Gasteiger charge is 1.95. The molecule has 0 amide bonds. The van der Waals surface area contributed by atoms with Gasteiger partial charge in [-0.3, -0.25) is 0 Å². The van der Waals surface area contributed by atoms with Crippen LogP contribution in [0.4, 0.5) is 0 Å². The summed E-state index contributed by atoms with van der Waals surface area (Å²) in [7, 11) is 3.00. The van der Waals surface area contributed by atoms with E-state index in [4.69, 9.17) is 15.3 Å². The Balaban J connectivity index is -0.000000117. The summed E-state index contributed by atoms with van der Waals surface area (Å²) in [5, 5.41) is 21.0. The van der Waals surface area contributed by atoms with E-state index in [-0.39, 0.29) is 0 Å². The molecule has 3 nitrogen and oxygen atoms in total. The van der Waals surface area contributed by atoms with Gasteiger partial charge in [-0.1, -0.05) is 38.5 Å². The Hall–Kier alpha value is -0.120. The first kappa shape index (κ1) is 17.8. The van der Waals surface area contributed by atoms with Crippen molar-refractivity contribution in [2.75, 3.05) is 21.3 Å². The lowest BCUT2D eigenvalue weighted by Crippen LogP contribution is -1.85. The molecule has 1 aliphatic carbocycles. The number of rotatable bonds is 0. The summed E-state index contributed by atoms with van der Waals surface area (Å²) in [5.41, 5.74) is 0. The highest BCUT2D eigenvalue weighted by molar-refractivity contribution is 4.51. The van der Waals surface area contributed by atoms with E-state index in [0.717, 1.165) is 21.3 Å². The molecule has 12 heavy (non-hydrogen) atoms. The van der Waals surface area contributed by atoms with Crippen molar-refractivity contribution in [2.24, 2.45) is 0 Å². The molecule has 0 aliphatic heterocycles. The summed E-state index contributed by atoms with van der Waals surface area (Å²) < 4.78 is 0. The molecule has 0 heterocycles. The fourth-order valence-electron chi connectivity index (χ4n) is 1.06. The average molecular weight is 180 g/mol. The predicted molar refractivity (Wildman–Crippen MR) is 52.1 cm³/mol. The van der Waals surface area contributed by atoms with E-state index in [2.05, 4.69) is 0 Å². The number of aliphatic hydroxyl groups is 3. The van der Waals surface area contributed by atoms with Crippen molar-refractivity contribution < 1.29 is 15.3 Å². The maximum atomic E-state index is 7.00. The maximum absolute atomic E-state index is 7.00. The van der Waals surface area contributed by atoms with Crippen molar-refractivity contribution in [2.45, 2.75) is 38.5 Å². The molecule has 0 aromatic heterocycles. The monoisotopic (exact) mass is 180 g/mol. The van der Waals surface area contributed by atoms with Crippen LogP contribution in [0.25, 0.3) is 0 Å². The van der Waals surface area contributed by atoms with Crippen LogP contribution in [0.2, 0.25) is 0 Å². The third kappa shape index (κ3) is 22.5. The first-order valence-electron chi connectivity index (χ1n) is 4.34. The summed E-state index contributed by atoms with van der Waals surface area (Å²) in [6.45, 7) is 0. The van der Waals surface area contributed by atoms with Gasteiger partial charge in [-0.2, -0.15) is 0 Å². The van der Waals surface area contributed by atoms with Crippen LogP contribution in [-0.4, -0.2) is 36.6 Å². The van der Waals surface area contributed by atoms with E-state index in [1.807, 2.05) is 0 Å². The molecule has 0 unspecified atom stereocenters. The fraction of sp³-hybridized carbons (Fsp3) is 1.00. The molecule has 0 aromatic carbocycles. The van der Waals surface area contributed by atoms with E-state index in [0.29, 0.717) is 0 Å². The second kappa shape index (κ2) is 30.7. The van der Waals surface area contributed by atoms with E-state index < -0.39 is 0 Å². The minimum atomic E-state index is 1.00. The first-order chi connectivity index (χ1) is 6.00. The summed E-state index contributed by atoms with van der Waals surface area (Å²) in [6.07, 6.45) is 9.00. The van der Waals surface area contributed by atoms with Crippen molar-refractivity contribution in [3.8, 4) is 0 Å². The maximum Gasteiger partial charge on any atom is 0.0319 e. The standard InChI is InChI=1S/C6H12.3CH4O/c1-2-4-6-5-3-1;3*1-2/h1-6H2;3*2H,1H3. The zero-order valence-corrected chi connectivity index (χ0v) is 8.58. The molecule has 1 saturated carbocycles. The Kier molecular flexibility index (Phi) is 45.7. The highest BCUT2D eigenvalue weighted by Crippen LogP contribution is 2.15. The first-order valence-corrected chi connectivity index (χ1v) is 4.34. The SMILES string of the molecule is C1CCCCC1.CO.CO.CO. The topological polar surface area (TPSA) is 60.7 Å². The van der Waals surface area contributed by atoms with Crippen molar-refractivity contribution in [3.05, 3.63) is 0 Å². The zero-order chi connectivity index (χ0) is 10.2. The average Bonchev–Trinajstić information content (AvgIpc) is 2.29. The largest absolute Gasteiger partial charge is 0.400 e. The van der Waals surface area contributed by atoms with Crippen molar-refractivity contribution >= 4 is 0 Å². The minimum Gasteiger partial charge on any atom is -0.400 e. The molecule has 3 heteroatoms. The van der Waals surface area contributed by atoms with Crippen LogP contribution in [0.15, 0.2) is 0 Å². The summed E-state index contributed by atoms with van der Waals surface area (Å²) in [6, 6.07) is 0. The Morgan fingerprint density at radius 1 is 0.417 bits per heavy atom. The Labute approximate surface area is 76.1 Å². The minimum absolute atomic E-state index is 1.00. The molecule has 0 radical (unpaired) electrons. The molecular weight excluding hydrogens is 156 g/mol. The van der Waals surface area contributed by atoms with Gasteiger partial charge in [-0.15, -0.1) is 0 Å². The summed E-state index contributed by atoms with van der Waals surface area (Å²) >= 11 is 0. The molecule has 3 N–H and O–H groups in total. The molecule has 78 valence electrons.